The van der Waals surface area contributed by atoms with Gasteiger partial charge in [0.05, 0.1) is 4.90 Å². The molecule has 24 heavy (non-hydrogen) atoms. The van der Waals surface area contributed by atoms with E-state index in [2.05, 4.69) is 0 Å². The number of carbonyl (C=O) groups is 1. The third-order valence-electron chi connectivity index (χ3n) is 3.91. The van der Waals surface area contributed by atoms with Crippen LogP contribution in [-0.2, 0) is 14.8 Å². The molecule has 1 aromatic carbocycles. The van der Waals surface area contributed by atoms with E-state index in [1.807, 2.05) is 34.6 Å². The maximum atomic E-state index is 12.8. The monoisotopic (exact) mass is 354 g/mol. The van der Waals surface area contributed by atoms with Crippen molar-refractivity contribution in [2.24, 2.45) is 0 Å². The first-order chi connectivity index (χ1) is 11.0. The van der Waals surface area contributed by atoms with Crippen LogP contribution in [0.2, 0.25) is 0 Å². The van der Waals surface area contributed by atoms with Gasteiger partial charge >= 0.3 is 6.09 Å². The minimum atomic E-state index is -3.57. The Hall–Kier alpha value is -1.60. The fraction of sp³-hybridized carbons (Fsp3) is 0.588. The number of ether oxygens (including phenoxy) is 1. The van der Waals surface area contributed by atoms with Gasteiger partial charge in [-0.15, -0.1) is 0 Å². The molecule has 0 aliphatic carbocycles. The molecule has 0 saturated carbocycles. The molecule has 0 radical (unpaired) electrons. The van der Waals surface area contributed by atoms with Crippen LogP contribution in [0.15, 0.2) is 35.2 Å². The summed E-state index contributed by atoms with van der Waals surface area (Å²) in [6.45, 7) is 9.64. The number of benzene rings is 1. The van der Waals surface area contributed by atoms with Gasteiger partial charge in [0.25, 0.3) is 0 Å². The van der Waals surface area contributed by atoms with E-state index < -0.39 is 21.7 Å². The number of amides is 1. The number of piperazine rings is 1. The summed E-state index contributed by atoms with van der Waals surface area (Å²) in [5.74, 6) is 0. The topological polar surface area (TPSA) is 66.9 Å². The zero-order valence-corrected chi connectivity index (χ0v) is 15.7. The van der Waals surface area contributed by atoms with Crippen molar-refractivity contribution in [2.45, 2.75) is 57.2 Å². The van der Waals surface area contributed by atoms with Gasteiger partial charge in [0.15, 0.2) is 0 Å². The molecule has 134 valence electrons. The molecule has 1 aliphatic heterocycles. The molecule has 0 aromatic heterocycles. The highest BCUT2D eigenvalue weighted by atomic mass is 32.2. The maximum absolute atomic E-state index is 12.8. The molecule has 7 heteroatoms. The third kappa shape index (κ3) is 4.08. The van der Waals surface area contributed by atoms with E-state index in [4.69, 9.17) is 4.74 Å². The number of nitrogens with zero attached hydrogens (tertiary/aromatic N) is 2. The quantitative estimate of drug-likeness (QED) is 0.819. The van der Waals surface area contributed by atoms with Crippen LogP contribution < -0.4 is 0 Å². The Morgan fingerprint density at radius 2 is 1.67 bits per heavy atom. The van der Waals surface area contributed by atoms with Crippen LogP contribution in [0.5, 0.6) is 0 Å². The summed E-state index contributed by atoms with van der Waals surface area (Å²) in [5, 5.41) is 0. The number of hydrogen-bond acceptors (Lipinski definition) is 4. The van der Waals surface area contributed by atoms with Crippen LogP contribution in [0, 0.1) is 0 Å². The molecule has 0 spiro atoms. The molecule has 2 rings (SSSR count). The number of hydrogen-bond donors (Lipinski definition) is 0. The van der Waals surface area contributed by atoms with Crippen molar-refractivity contribution in [3.63, 3.8) is 0 Å². The fourth-order valence-corrected chi connectivity index (χ4v) is 4.46. The minimum Gasteiger partial charge on any atom is -0.444 e. The Kier molecular flexibility index (Phi) is 5.25. The van der Waals surface area contributed by atoms with Crippen molar-refractivity contribution in [2.75, 3.05) is 13.1 Å². The van der Waals surface area contributed by atoms with Gasteiger partial charge in [-0.2, -0.15) is 4.31 Å². The summed E-state index contributed by atoms with van der Waals surface area (Å²) in [7, 11) is -3.57. The van der Waals surface area contributed by atoms with Crippen molar-refractivity contribution in [1.29, 1.82) is 0 Å². The molecule has 1 aromatic rings. The summed E-state index contributed by atoms with van der Waals surface area (Å²) in [6.07, 6.45) is -0.404. The molecular weight excluding hydrogens is 328 g/mol. The molecule has 1 fully saturated rings. The zero-order valence-electron chi connectivity index (χ0n) is 14.9. The largest absolute Gasteiger partial charge is 0.444 e. The highest BCUT2D eigenvalue weighted by Gasteiger charge is 2.39. The Morgan fingerprint density at radius 3 is 2.21 bits per heavy atom. The Balaban J connectivity index is 2.18. The molecule has 0 N–H and O–H groups in total. The molecule has 0 bridgehead atoms. The molecule has 0 unspecified atom stereocenters. The van der Waals surface area contributed by atoms with E-state index in [0.29, 0.717) is 6.54 Å². The van der Waals surface area contributed by atoms with Crippen molar-refractivity contribution < 1.29 is 17.9 Å². The molecular formula is C17H26N2O4S. The minimum absolute atomic E-state index is 0.248. The highest BCUT2D eigenvalue weighted by molar-refractivity contribution is 7.89. The van der Waals surface area contributed by atoms with Gasteiger partial charge in [-0.05, 0) is 46.8 Å². The second-order valence-corrected chi connectivity index (χ2v) is 9.11. The summed E-state index contributed by atoms with van der Waals surface area (Å²) < 4.78 is 32.6. The predicted octanol–water partition coefficient (Wildman–Crippen LogP) is 2.71. The highest BCUT2D eigenvalue weighted by Crippen LogP contribution is 2.25. The van der Waals surface area contributed by atoms with Crippen molar-refractivity contribution in [3.8, 4) is 0 Å². The second-order valence-electron chi connectivity index (χ2n) is 7.22. The van der Waals surface area contributed by atoms with Crippen molar-refractivity contribution >= 4 is 16.1 Å². The SMILES string of the molecule is C[C@@H]1CN(C(=O)OC(C)(C)C)[C@@H](C)CN1S(=O)(=O)c1ccccc1. The van der Waals surface area contributed by atoms with Crippen LogP contribution in [-0.4, -0.2) is 54.5 Å². The summed E-state index contributed by atoms with van der Waals surface area (Å²) >= 11 is 0. The number of carbonyl (C=O) groups excluding carboxylic acids is 1. The summed E-state index contributed by atoms with van der Waals surface area (Å²) in [4.78, 5) is 14.2. The van der Waals surface area contributed by atoms with Gasteiger partial charge in [0.1, 0.15) is 5.60 Å². The smallest absolute Gasteiger partial charge is 0.410 e. The normalized spacial score (nSPS) is 23.1. The van der Waals surface area contributed by atoms with Crippen molar-refractivity contribution in [1.82, 2.24) is 9.21 Å². The van der Waals surface area contributed by atoms with E-state index in [1.165, 1.54) is 4.31 Å². The van der Waals surface area contributed by atoms with Gasteiger partial charge < -0.3 is 9.64 Å². The lowest BCUT2D eigenvalue weighted by atomic mass is 10.1. The van der Waals surface area contributed by atoms with Gasteiger partial charge in [-0.25, -0.2) is 13.2 Å². The molecule has 1 heterocycles. The van der Waals surface area contributed by atoms with Crippen LogP contribution in [0.4, 0.5) is 4.79 Å². The summed E-state index contributed by atoms with van der Waals surface area (Å²) in [6, 6.07) is 7.80. The van der Waals surface area contributed by atoms with Gasteiger partial charge in [0.2, 0.25) is 10.0 Å². The lowest BCUT2D eigenvalue weighted by Crippen LogP contribution is -2.59. The van der Waals surface area contributed by atoms with E-state index in [1.54, 1.807) is 35.2 Å². The lowest BCUT2D eigenvalue weighted by molar-refractivity contribution is 0.00190. The maximum Gasteiger partial charge on any atom is 0.410 e. The van der Waals surface area contributed by atoms with Crippen LogP contribution in [0.1, 0.15) is 34.6 Å². The average Bonchev–Trinajstić information content (AvgIpc) is 2.48. The predicted molar refractivity (Wildman–Crippen MR) is 92.2 cm³/mol. The summed E-state index contributed by atoms with van der Waals surface area (Å²) in [5.41, 5.74) is -0.576. The van der Waals surface area contributed by atoms with Gasteiger partial charge in [-0.3, -0.25) is 0 Å². The van der Waals surface area contributed by atoms with E-state index in [0.717, 1.165) is 0 Å². The van der Waals surface area contributed by atoms with Crippen LogP contribution in [0.25, 0.3) is 0 Å². The first-order valence-corrected chi connectivity index (χ1v) is 9.53. The van der Waals surface area contributed by atoms with Crippen LogP contribution >= 0.6 is 0 Å². The first kappa shape index (κ1) is 18.7. The molecule has 6 nitrogen and oxygen atoms in total. The third-order valence-corrected chi connectivity index (χ3v) is 5.90. The first-order valence-electron chi connectivity index (χ1n) is 8.09. The lowest BCUT2D eigenvalue weighted by Gasteiger charge is -2.43. The Bertz CT molecular complexity index is 682. The van der Waals surface area contributed by atoms with Crippen molar-refractivity contribution in [3.05, 3.63) is 30.3 Å². The number of sulfonamides is 1. The Labute approximate surface area is 144 Å². The van der Waals surface area contributed by atoms with E-state index in [-0.39, 0.29) is 23.5 Å². The van der Waals surface area contributed by atoms with E-state index >= 15 is 0 Å². The molecule has 2 atom stereocenters. The Morgan fingerprint density at radius 1 is 1.08 bits per heavy atom. The van der Waals surface area contributed by atoms with Gasteiger partial charge in [-0.1, -0.05) is 18.2 Å². The fourth-order valence-electron chi connectivity index (χ4n) is 2.73. The van der Waals surface area contributed by atoms with Gasteiger partial charge in [0, 0.05) is 25.2 Å². The molecule has 1 saturated heterocycles. The zero-order chi connectivity index (χ0) is 18.1. The second kappa shape index (κ2) is 6.72. The molecule has 1 amide bonds. The standard InChI is InChI=1S/C17H26N2O4S/c1-13-12-19(24(21,22)15-9-7-6-8-10-15)14(2)11-18(13)16(20)23-17(3,4)5/h6-10,13-14H,11-12H2,1-5H3/t13-,14+/m0/s1. The molecule has 1 aliphatic rings. The average molecular weight is 354 g/mol. The number of rotatable bonds is 2. The van der Waals surface area contributed by atoms with E-state index in [9.17, 15) is 13.2 Å². The van der Waals surface area contributed by atoms with Crippen LogP contribution in [0.3, 0.4) is 0 Å².